The van der Waals surface area contributed by atoms with E-state index < -0.39 is 0 Å². The molecule has 1 saturated heterocycles. The van der Waals surface area contributed by atoms with E-state index in [0.717, 1.165) is 39.3 Å². The molecule has 1 fully saturated rings. The third kappa shape index (κ3) is 3.77. The van der Waals surface area contributed by atoms with E-state index in [-0.39, 0.29) is 6.04 Å². The molecule has 0 aromatic carbocycles. The van der Waals surface area contributed by atoms with Crippen molar-refractivity contribution in [2.75, 3.05) is 39.3 Å². The highest BCUT2D eigenvalue weighted by Gasteiger charge is 2.16. The van der Waals surface area contributed by atoms with E-state index in [2.05, 4.69) is 15.7 Å². The normalized spacial score (nSPS) is 22.5. The van der Waals surface area contributed by atoms with Gasteiger partial charge < -0.3 is 5.73 Å². The van der Waals surface area contributed by atoms with E-state index in [9.17, 15) is 0 Å². The molecule has 0 radical (unpaired) electrons. The van der Waals surface area contributed by atoms with Crippen LogP contribution in [0, 0.1) is 12.3 Å². The smallest absolute Gasteiger partial charge is 0.0599 e. The van der Waals surface area contributed by atoms with Crippen molar-refractivity contribution in [1.29, 1.82) is 0 Å². The summed E-state index contributed by atoms with van der Waals surface area (Å²) in [5.41, 5.74) is 5.73. The minimum Gasteiger partial charge on any atom is -0.327 e. The number of nitrogens with zero attached hydrogens (tertiary/aromatic N) is 2. The predicted molar refractivity (Wildman–Crippen MR) is 55.4 cm³/mol. The van der Waals surface area contributed by atoms with Crippen molar-refractivity contribution >= 4 is 0 Å². The maximum Gasteiger partial charge on any atom is 0.0599 e. The quantitative estimate of drug-likeness (QED) is 0.601. The lowest BCUT2D eigenvalue weighted by Crippen LogP contribution is -2.49. The van der Waals surface area contributed by atoms with Crippen LogP contribution in [0.25, 0.3) is 0 Å². The molecular formula is C10H19N3. The Balaban J connectivity index is 2.19. The Morgan fingerprint density at radius 1 is 1.31 bits per heavy atom. The highest BCUT2D eigenvalue weighted by molar-refractivity contribution is 4.89. The second-order valence-corrected chi connectivity index (χ2v) is 3.76. The van der Waals surface area contributed by atoms with Gasteiger partial charge in [0, 0.05) is 38.8 Å². The van der Waals surface area contributed by atoms with Gasteiger partial charge in [0.1, 0.15) is 0 Å². The molecule has 0 aliphatic carbocycles. The van der Waals surface area contributed by atoms with E-state index in [1.54, 1.807) is 0 Å². The van der Waals surface area contributed by atoms with Crippen LogP contribution in [0.1, 0.15) is 6.92 Å². The van der Waals surface area contributed by atoms with E-state index >= 15 is 0 Å². The van der Waals surface area contributed by atoms with Crippen molar-refractivity contribution in [3.8, 4) is 12.3 Å². The first-order valence-electron chi connectivity index (χ1n) is 4.86. The summed E-state index contributed by atoms with van der Waals surface area (Å²) in [7, 11) is 0. The molecule has 1 rings (SSSR count). The third-order valence-electron chi connectivity index (χ3n) is 2.33. The Kier molecular flexibility index (Phi) is 4.23. The summed E-state index contributed by atoms with van der Waals surface area (Å²) in [4.78, 5) is 4.70. The fraction of sp³-hybridized carbons (Fsp3) is 0.800. The Labute approximate surface area is 80.9 Å². The average molecular weight is 181 g/mol. The van der Waals surface area contributed by atoms with Crippen LogP contribution in [0.3, 0.4) is 0 Å². The van der Waals surface area contributed by atoms with Crippen molar-refractivity contribution in [3.05, 3.63) is 0 Å². The van der Waals surface area contributed by atoms with Crippen LogP contribution in [-0.4, -0.2) is 55.1 Å². The second-order valence-electron chi connectivity index (χ2n) is 3.76. The fourth-order valence-electron chi connectivity index (χ4n) is 1.67. The zero-order chi connectivity index (χ0) is 9.68. The van der Waals surface area contributed by atoms with E-state index in [0.29, 0.717) is 0 Å². The van der Waals surface area contributed by atoms with Gasteiger partial charge in [0.15, 0.2) is 0 Å². The van der Waals surface area contributed by atoms with Crippen molar-refractivity contribution in [1.82, 2.24) is 9.80 Å². The number of piperazine rings is 1. The maximum atomic E-state index is 5.73. The van der Waals surface area contributed by atoms with Crippen LogP contribution in [0.5, 0.6) is 0 Å². The molecule has 74 valence electrons. The highest BCUT2D eigenvalue weighted by Crippen LogP contribution is 2.00. The van der Waals surface area contributed by atoms with Gasteiger partial charge in [0.05, 0.1) is 6.54 Å². The predicted octanol–water partition coefficient (Wildman–Crippen LogP) is -0.416. The standard InChI is InChI=1S/C10H19N3/c1-3-4-12-5-7-13(8-6-12)9-10(2)11/h1,10H,4-9,11H2,2H3/t10-/m1/s1. The first-order valence-corrected chi connectivity index (χ1v) is 4.86. The number of hydrogen-bond acceptors (Lipinski definition) is 3. The lowest BCUT2D eigenvalue weighted by atomic mass is 10.2. The average Bonchev–Trinajstić information content (AvgIpc) is 2.08. The zero-order valence-corrected chi connectivity index (χ0v) is 8.37. The molecule has 1 heterocycles. The minimum atomic E-state index is 0.277. The molecule has 0 bridgehead atoms. The van der Waals surface area contributed by atoms with Gasteiger partial charge in [0.2, 0.25) is 0 Å². The van der Waals surface area contributed by atoms with E-state index in [4.69, 9.17) is 12.2 Å². The number of hydrogen-bond donors (Lipinski definition) is 1. The van der Waals surface area contributed by atoms with Gasteiger partial charge in [-0.1, -0.05) is 5.92 Å². The van der Waals surface area contributed by atoms with Gasteiger partial charge >= 0.3 is 0 Å². The molecular weight excluding hydrogens is 162 g/mol. The lowest BCUT2D eigenvalue weighted by molar-refractivity contribution is 0.140. The van der Waals surface area contributed by atoms with E-state index in [1.165, 1.54) is 0 Å². The minimum absolute atomic E-state index is 0.277. The van der Waals surface area contributed by atoms with Crippen molar-refractivity contribution in [3.63, 3.8) is 0 Å². The Hall–Kier alpha value is -0.560. The van der Waals surface area contributed by atoms with Crippen LogP contribution in [0.2, 0.25) is 0 Å². The van der Waals surface area contributed by atoms with Gasteiger partial charge in [-0.3, -0.25) is 9.80 Å². The monoisotopic (exact) mass is 181 g/mol. The summed E-state index contributed by atoms with van der Waals surface area (Å²) in [6.45, 7) is 8.20. The Bertz CT molecular complexity index is 175. The molecule has 2 N–H and O–H groups in total. The first-order chi connectivity index (χ1) is 6.22. The van der Waals surface area contributed by atoms with Crippen LogP contribution < -0.4 is 5.73 Å². The van der Waals surface area contributed by atoms with Crippen LogP contribution in [0.15, 0.2) is 0 Å². The molecule has 1 aliphatic heterocycles. The Morgan fingerprint density at radius 2 is 1.85 bits per heavy atom. The van der Waals surface area contributed by atoms with Crippen LogP contribution in [0.4, 0.5) is 0 Å². The van der Waals surface area contributed by atoms with Crippen molar-refractivity contribution in [2.24, 2.45) is 5.73 Å². The summed E-state index contributed by atoms with van der Waals surface area (Å²) in [5.74, 6) is 2.68. The molecule has 0 aromatic rings. The summed E-state index contributed by atoms with van der Waals surface area (Å²) in [6, 6.07) is 0.277. The Morgan fingerprint density at radius 3 is 2.31 bits per heavy atom. The third-order valence-corrected chi connectivity index (χ3v) is 2.33. The summed E-state index contributed by atoms with van der Waals surface area (Å²) in [5, 5.41) is 0. The molecule has 3 nitrogen and oxygen atoms in total. The molecule has 3 heteroatoms. The molecule has 13 heavy (non-hydrogen) atoms. The summed E-state index contributed by atoms with van der Waals surface area (Å²) in [6.07, 6.45) is 5.25. The van der Waals surface area contributed by atoms with Crippen molar-refractivity contribution in [2.45, 2.75) is 13.0 Å². The number of terminal acetylenes is 1. The molecule has 1 aliphatic rings. The first kappa shape index (κ1) is 10.5. The van der Waals surface area contributed by atoms with Crippen LogP contribution >= 0.6 is 0 Å². The van der Waals surface area contributed by atoms with Gasteiger partial charge in [0.25, 0.3) is 0 Å². The molecule has 0 amide bonds. The molecule has 0 unspecified atom stereocenters. The SMILES string of the molecule is C#CCN1CCN(C[C@@H](C)N)CC1. The maximum absolute atomic E-state index is 5.73. The van der Waals surface area contributed by atoms with Gasteiger partial charge in [-0.25, -0.2) is 0 Å². The molecule has 0 saturated carbocycles. The fourth-order valence-corrected chi connectivity index (χ4v) is 1.67. The van der Waals surface area contributed by atoms with Gasteiger partial charge in [-0.05, 0) is 6.92 Å². The molecule has 0 aromatic heterocycles. The highest BCUT2D eigenvalue weighted by atomic mass is 15.3. The van der Waals surface area contributed by atoms with E-state index in [1.807, 2.05) is 6.92 Å². The molecule has 0 spiro atoms. The number of nitrogens with two attached hydrogens (primary N) is 1. The van der Waals surface area contributed by atoms with Crippen molar-refractivity contribution < 1.29 is 0 Å². The van der Waals surface area contributed by atoms with Crippen LogP contribution in [-0.2, 0) is 0 Å². The summed E-state index contributed by atoms with van der Waals surface area (Å²) < 4.78 is 0. The largest absolute Gasteiger partial charge is 0.327 e. The lowest BCUT2D eigenvalue weighted by Gasteiger charge is -2.34. The van der Waals surface area contributed by atoms with Gasteiger partial charge in [-0.2, -0.15) is 0 Å². The topological polar surface area (TPSA) is 32.5 Å². The zero-order valence-electron chi connectivity index (χ0n) is 8.37. The van der Waals surface area contributed by atoms with Gasteiger partial charge in [-0.15, -0.1) is 6.42 Å². The summed E-state index contributed by atoms with van der Waals surface area (Å²) >= 11 is 0. The molecule has 1 atom stereocenters. The number of rotatable bonds is 3. The second kappa shape index (κ2) is 5.23.